The van der Waals surface area contributed by atoms with Crippen molar-refractivity contribution in [3.8, 4) is 0 Å². The van der Waals surface area contributed by atoms with Gasteiger partial charge in [0.05, 0.1) is 6.04 Å². The Morgan fingerprint density at radius 1 is 1.17 bits per heavy atom. The molecule has 1 aliphatic heterocycles. The maximum Gasteiger partial charge on any atom is 0.274 e. The summed E-state index contributed by atoms with van der Waals surface area (Å²) in [6.45, 7) is 2.91. The zero-order valence-electron chi connectivity index (χ0n) is 14.2. The molecule has 0 spiro atoms. The van der Waals surface area contributed by atoms with Crippen molar-refractivity contribution in [3.05, 3.63) is 53.7 Å². The molecule has 1 aromatic carbocycles. The number of hydrogen-bond donors (Lipinski definition) is 0. The van der Waals surface area contributed by atoms with E-state index in [-0.39, 0.29) is 11.9 Å². The van der Waals surface area contributed by atoms with Crippen molar-refractivity contribution in [2.24, 2.45) is 0 Å². The molecule has 126 valence electrons. The molecule has 3 rings (SSSR count). The predicted molar refractivity (Wildman–Crippen MR) is 98.5 cm³/mol. The Balaban J connectivity index is 1.88. The van der Waals surface area contributed by atoms with E-state index in [2.05, 4.69) is 29.3 Å². The van der Waals surface area contributed by atoms with Gasteiger partial charge in [0.1, 0.15) is 0 Å². The lowest BCUT2D eigenvalue weighted by atomic mass is 10.0. The van der Waals surface area contributed by atoms with Gasteiger partial charge >= 0.3 is 0 Å². The highest BCUT2D eigenvalue weighted by atomic mass is 32.2. The Hall–Kier alpha value is -2.08. The van der Waals surface area contributed by atoms with Crippen molar-refractivity contribution < 1.29 is 4.79 Å². The summed E-state index contributed by atoms with van der Waals surface area (Å²) in [5.41, 5.74) is 1.57. The third kappa shape index (κ3) is 3.38. The topological polar surface area (TPSA) is 49.3 Å². The minimum absolute atomic E-state index is 0.0474. The van der Waals surface area contributed by atoms with Crippen molar-refractivity contribution in [3.63, 3.8) is 0 Å². The van der Waals surface area contributed by atoms with Crippen molar-refractivity contribution in [1.29, 1.82) is 0 Å². The zero-order valence-corrected chi connectivity index (χ0v) is 15.0. The number of nitrogens with zero attached hydrogens (tertiary/aromatic N) is 4. The summed E-state index contributed by atoms with van der Waals surface area (Å²) in [5.74, 6) is 1.64. The Morgan fingerprint density at radius 2 is 1.92 bits per heavy atom. The van der Waals surface area contributed by atoms with Crippen LogP contribution in [0.15, 0.2) is 42.5 Å². The maximum absolute atomic E-state index is 13.0. The van der Waals surface area contributed by atoms with E-state index in [0.717, 1.165) is 18.1 Å². The Morgan fingerprint density at radius 3 is 2.54 bits per heavy atom. The number of carbonyl (C=O) groups excluding carboxylic acids is 1. The van der Waals surface area contributed by atoms with Crippen LogP contribution in [0.5, 0.6) is 0 Å². The Kier molecular flexibility index (Phi) is 5.04. The summed E-state index contributed by atoms with van der Waals surface area (Å²) < 4.78 is 0. The summed E-state index contributed by atoms with van der Waals surface area (Å²) in [4.78, 5) is 16.8. The molecular weight excluding hydrogens is 320 g/mol. The molecule has 2 heterocycles. The van der Waals surface area contributed by atoms with Crippen molar-refractivity contribution in [2.45, 2.75) is 18.2 Å². The number of thioether (sulfide) groups is 1. The lowest BCUT2D eigenvalue weighted by Gasteiger charge is -2.39. The second-order valence-corrected chi connectivity index (χ2v) is 7.59. The van der Waals surface area contributed by atoms with Crippen LogP contribution >= 0.6 is 11.8 Å². The van der Waals surface area contributed by atoms with Crippen molar-refractivity contribution in [2.75, 3.05) is 31.3 Å². The number of amides is 1. The maximum atomic E-state index is 13.0. The quantitative estimate of drug-likeness (QED) is 0.858. The first kappa shape index (κ1) is 16.8. The molecule has 2 unspecified atom stereocenters. The van der Waals surface area contributed by atoms with Gasteiger partial charge < -0.3 is 9.80 Å². The van der Waals surface area contributed by atoms with Crippen LogP contribution in [-0.4, -0.2) is 52.6 Å². The molecule has 6 heteroatoms. The third-order valence-corrected chi connectivity index (χ3v) is 5.42. The monoisotopic (exact) mass is 342 g/mol. The Labute approximate surface area is 147 Å². The summed E-state index contributed by atoms with van der Waals surface area (Å²) in [5, 5.41) is 8.62. The van der Waals surface area contributed by atoms with Crippen LogP contribution < -0.4 is 4.90 Å². The molecule has 2 atom stereocenters. The molecule has 0 aliphatic carbocycles. The van der Waals surface area contributed by atoms with Crippen LogP contribution in [0.2, 0.25) is 0 Å². The van der Waals surface area contributed by atoms with E-state index < -0.39 is 0 Å². The van der Waals surface area contributed by atoms with Gasteiger partial charge in [-0.2, -0.15) is 11.8 Å². The number of hydrogen-bond acceptors (Lipinski definition) is 5. The summed E-state index contributed by atoms with van der Waals surface area (Å²) in [7, 11) is 3.81. The van der Waals surface area contributed by atoms with E-state index in [1.165, 1.54) is 5.56 Å². The van der Waals surface area contributed by atoms with Crippen molar-refractivity contribution in [1.82, 2.24) is 15.1 Å². The first-order chi connectivity index (χ1) is 11.6. The van der Waals surface area contributed by atoms with Crippen LogP contribution in [-0.2, 0) is 0 Å². The second kappa shape index (κ2) is 7.21. The van der Waals surface area contributed by atoms with E-state index in [9.17, 15) is 4.79 Å². The third-order valence-electron chi connectivity index (χ3n) is 4.22. The van der Waals surface area contributed by atoms with Gasteiger partial charge in [-0.1, -0.05) is 37.3 Å². The predicted octanol–water partition coefficient (Wildman–Crippen LogP) is 2.86. The molecule has 24 heavy (non-hydrogen) atoms. The number of carbonyl (C=O) groups is 1. The van der Waals surface area contributed by atoms with E-state index in [1.54, 1.807) is 6.07 Å². The summed E-state index contributed by atoms with van der Waals surface area (Å²) in [6, 6.07) is 13.9. The van der Waals surface area contributed by atoms with Gasteiger partial charge in [0.2, 0.25) is 0 Å². The highest BCUT2D eigenvalue weighted by Gasteiger charge is 2.34. The Bertz CT molecular complexity index is 690. The molecule has 0 N–H and O–H groups in total. The number of rotatable bonds is 3. The van der Waals surface area contributed by atoms with Crippen LogP contribution in [0, 0.1) is 0 Å². The molecule has 2 aromatic rings. The summed E-state index contributed by atoms with van der Waals surface area (Å²) >= 11 is 1.91. The number of aromatic nitrogens is 2. The normalized spacial score (nSPS) is 20.7. The lowest BCUT2D eigenvalue weighted by Crippen LogP contribution is -2.44. The van der Waals surface area contributed by atoms with E-state index >= 15 is 0 Å². The molecule has 0 saturated carbocycles. The van der Waals surface area contributed by atoms with Crippen LogP contribution in [0.1, 0.15) is 29.0 Å². The molecule has 1 aliphatic rings. The van der Waals surface area contributed by atoms with Crippen LogP contribution in [0.3, 0.4) is 0 Å². The van der Waals surface area contributed by atoms with Crippen molar-refractivity contribution >= 4 is 23.5 Å². The van der Waals surface area contributed by atoms with Gasteiger partial charge in [0.25, 0.3) is 5.91 Å². The van der Waals surface area contributed by atoms with Gasteiger partial charge in [0.15, 0.2) is 11.5 Å². The SMILES string of the molecule is CC1SCCN(C(=O)c2ccc(N(C)C)nn2)C1c1ccccc1. The van der Waals surface area contributed by atoms with Gasteiger partial charge in [0, 0.05) is 31.6 Å². The molecule has 1 amide bonds. The highest BCUT2D eigenvalue weighted by Crippen LogP contribution is 2.36. The minimum atomic E-state index is -0.0474. The average molecular weight is 342 g/mol. The molecule has 5 nitrogen and oxygen atoms in total. The van der Waals surface area contributed by atoms with E-state index in [0.29, 0.717) is 10.9 Å². The number of anilines is 1. The standard InChI is InChI=1S/C18H22N4OS/c1-13-17(14-7-5-4-6-8-14)22(11-12-24-13)18(23)15-9-10-16(20-19-15)21(2)3/h4-10,13,17H,11-12H2,1-3H3. The zero-order chi connectivity index (χ0) is 17.1. The van der Waals surface area contributed by atoms with Crippen LogP contribution in [0.25, 0.3) is 0 Å². The van der Waals surface area contributed by atoms with E-state index in [1.807, 2.05) is 59.9 Å². The molecule has 1 fully saturated rings. The van der Waals surface area contributed by atoms with Gasteiger partial charge in [-0.3, -0.25) is 4.79 Å². The fourth-order valence-corrected chi connectivity index (χ4v) is 4.13. The second-order valence-electron chi connectivity index (χ2n) is 6.10. The van der Waals surface area contributed by atoms with E-state index in [4.69, 9.17) is 0 Å². The van der Waals surface area contributed by atoms with Crippen LogP contribution in [0.4, 0.5) is 5.82 Å². The molecule has 0 radical (unpaired) electrons. The largest absolute Gasteiger partial charge is 0.361 e. The first-order valence-corrected chi connectivity index (χ1v) is 9.11. The fraction of sp³-hybridized carbons (Fsp3) is 0.389. The molecule has 1 saturated heterocycles. The molecular formula is C18H22N4OS. The highest BCUT2D eigenvalue weighted by molar-refractivity contribution is 8.00. The summed E-state index contributed by atoms with van der Waals surface area (Å²) in [6.07, 6.45) is 0. The minimum Gasteiger partial charge on any atom is -0.361 e. The van der Waals surface area contributed by atoms with Gasteiger partial charge in [-0.25, -0.2) is 0 Å². The molecule has 1 aromatic heterocycles. The molecule has 0 bridgehead atoms. The fourth-order valence-electron chi connectivity index (χ4n) is 2.97. The lowest BCUT2D eigenvalue weighted by molar-refractivity contribution is 0.0673. The van der Waals surface area contributed by atoms with Gasteiger partial charge in [-0.15, -0.1) is 10.2 Å². The first-order valence-electron chi connectivity index (χ1n) is 8.06. The smallest absolute Gasteiger partial charge is 0.274 e. The van der Waals surface area contributed by atoms with Gasteiger partial charge in [-0.05, 0) is 17.7 Å². The number of benzene rings is 1. The average Bonchev–Trinajstić information content (AvgIpc) is 2.61.